The largest absolute Gasteiger partial charge is 0.497 e. The van der Waals surface area contributed by atoms with Crippen molar-refractivity contribution < 1.29 is 40.8 Å². The Bertz CT molecular complexity index is 2250. The molecule has 4 N–H and O–H groups in total. The molecule has 17 heteroatoms. The SMILES string of the molecule is COc1ccc2c(c1)C(=O)N(CCc1ccc(S(=O)(=O)NC(=O)NC3CCCCC3)cc1)C(=O)C2(C)C.Cc1ccc(S(=O)(=O)NC(=O)NN2CC3CCCC3C2)cc1. The molecule has 0 bridgehead atoms. The van der Waals surface area contributed by atoms with E-state index in [2.05, 4.69) is 20.2 Å². The van der Waals surface area contributed by atoms with Gasteiger partial charge in [-0.25, -0.2) is 40.9 Å². The fourth-order valence-corrected chi connectivity index (χ4v) is 10.2. The first-order chi connectivity index (χ1) is 28.0. The highest BCUT2D eigenvalue weighted by Crippen LogP contribution is 2.38. The number of carbonyl (C=O) groups excluding carboxylic acids is 4. The number of urea groups is 2. The van der Waals surface area contributed by atoms with Crippen LogP contribution in [0.25, 0.3) is 0 Å². The minimum atomic E-state index is -4.03. The molecule has 59 heavy (non-hydrogen) atoms. The first kappa shape index (κ1) is 43.6. The van der Waals surface area contributed by atoms with Crippen LogP contribution in [0.3, 0.4) is 0 Å². The zero-order chi connectivity index (χ0) is 42.5. The summed E-state index contributed by atoms with van der Waals surface area (Å²) in [5, 5.41) is 4.56. The topological polar surface area (TPSA) is 200 Å². The molecular formula is C42H54N6O9S2. The number of hydrogen-bond donors (Lipinski definition) is 4. The molecule has 4 aliphatic rings. The quantitative estimate of drug-likeness (QED) is 0.198. The monoisotopic (exact) mass is 850 g/mol. The molecule has 2 aliphatic carbocycles. The molecule has 2 heterocycles. The number of nitrogens with zero attached hydrogens (tertiary/aromatic N) is 2. The van der Waals surface area contributed by atoms with E-state index in [4.69, 9.17) is 4.74 Å². The van der Waals surface area contributed by atoms with Crippen molar-refractivity contribution >= 4 is 43.9 Å². The summed E-state index contributed by atoms with van der Waals surface area (Å²) in [6.07, 6.45) is 8.88. The second-order valence-corrected chi connectivity index (χ2v) is 19.7. The number of carbonyl (C=O) groups is 4. The number of imide groups is 1. The number of aryl methyl sites for hydroxylation is 1. The van der Waals surface area contributed by atoms with Gasteiger partial charge in [-0.1, -0.05) is 61.6 Å². The highest BCUT2D eigenvalue weighted by Gasteiger charge is 2.44. The molecule has 0 spiro atoms. The Morgan fingerprint density at radius 3 is 1.93 bits per heavy atom. The third-order valence-electron chi connectivity index (χ3n) is 11.7. The Hall–Kier alpha value is -5.00. The van der Waals surface area contributed by atoms with Crippen molar-refractivity contribution in [2.75, 3.05) is 26.7 Å². The summed E-state index contributed by atoms with van der Waals surface area (Å²) in [6, 6.07) is 16.2. The van der Waals surface area contributed by atoms with Crippen LogP contribution in [-0.2, 0) is 36.7 Å². The number of amides is 6. The molecular weight excluding hydrogens is 797 g/mol. The predicted molar refractivity (Wildman–Crippen MR) is 220 cm³/mol. The summed E-state index contributed by atoms with van der Waals surface area (Å²) in [5.74, 6) is 1.13. The lowest BCUT2D eigenvalue weighted by Crippen LogP contribution is -2.52. The van der Waals surface area contributed by atoms with E-state index in [0.717, 1.165) is 56.3 Å². The summed E-state index contributed by atoms with van der Waals surface area (Å²) in [5.41, 5.74) is 4.58. The number of rotatable bonds is 10. The van der Waals surface area contributed by atoms with E-state index in [1.165, 1.54) is 55.5 Å². The van der Waals surface area contributed by atoms with Gasteiger partial charge in [0, 0.05) is 31.2 Å². The highest BCUT2D eigenvalue weighted by atomic mass is 32.2. The number of hydrogen-bond acceptors (Lipinski definition) is 10. The average molecular weight is 851 g/mol. The molecule has 15 nitrogen and oxygen atoms in total. The summed E-state index contributed by atoms with van der Waals surface area (Å²) in [6.45, 7) is 7.21. The minimum absolute atomic E-state index is 0.00966. The Morgan fingerprint density at radius 1 is 0.763 bits per heavy atom. The van der Waals surface area contributed by atoms with Crippen molar-refractivity contribution in [3.8, 4) is 5.75 Å². The van der Waals surface area contributed by atoms with Crippen LogP contribution in [0.15, 0.2) is 76.5 Å². The fourth-order valence-electron chi connectivity index (χ4n) is 8.38. The molecule has 0 aromatic heterocycles. The second kappa shape index (κ2) is 18.1. The number of nitrogens with one attached hydrogen (secondary N) is 4. The van der Waals surface area contributed by atoms with Crippen LogP contribution in [0.1, 0.15) is 92.3 Å². The van der Waals surface area contributed by atoms with Gasteiger partial charge in [0.2, 0.25) is 5.91 Å². The molecule has 2 unspecified atom stereocenters. The van der Waals surface area contributed by atoms with Crippen molar-refractivity contribution in [2.24, 2.45) is 11.8 Å². The zero-order valence-electron chi connectivity index (χ0n) is 34.0. The Morgan fingerprint density at radius 2 is 1.34 bits per heavy atom. The van der Waals surface area contributed by atoms with Crippen LogP contribution in [-0.4, -0.2) is 83.4 Å². The van der Waals surface area contributed by atoms with E-state index in [1.807, 2.05) is 11.9 Å². The number of fused-ring (bicyclic) bond motifs is 2. The van der Waals surface area contributed by atoms with Gasteiger partial charge in [-0.2, -0.15) is 0 Å². The number of hydrazine groups is 1. The first-order valence-corrected chi connectivity index (χ1v) is 23.1. The van der Waals surface area contributed by atoms with Crippen LogP contribution in [0, 0.1) is 18.8 Å². The summed E-state index contributed by atoms with van der Waals surface area (Å²) in [7, 11) is -6.33. The average Bonchev–Trinajstić information content (AvgIpc) is 3.80. The van der Waals surface area contributed by atoms with E-state index in [9.17, 15) is 36.0 Å². The molecule has 7 rings (SSSR count). The van der Waals surface area contributed by atoms with Crippen LogP contribution >= 0.6 is 0 Å². The predicted octanol–water partition coefficient (Wildman–Crippen LogP) is 5.15. The zero-order valence-corrected chi connectivity index (χ0v) is 35.6. The second-order valence-electron chi connectivity index (χ2n) is 16.3. The van der Waals surface area contributed by atoms with Gasteiger partial charge in [0.1, 0.15) is 5.75 Å². The third-order valence-corrected chi connectivity index (χ3v) is 14.4. The smallest absolute Gasteiger partial charge is 0.343 e. The van der Waals surface area contributed by atoms with Gasteiger partial charge in [0.05, 0.1) is 22.3 Å². The van der Waals surface area contributed by atoms with E-state index >= 15 is 0 Å². The minimum Gasteiger partial charge on any atom is -0.497 e. The number of ether oxygens (including phenoxy) is 1. The normalized spacial score (nSPS) is 20.4. The van der Waals surface area contributed by atoms with Gasteiger partial charge in [-0.15, -0.1) is 0 Å². The van der Waals surface area contributed by atoms with Crippen LogP contribution in [0.2, 0.25) is 0 Å². The molecule has 3 fully saturated rings. The maximum atomic E-state index is 13.2. The van der Waals surface area contributed by atoms with E-state index in [0.29, 0.717) is 35.1 Å². The summed E-state index contributed by atoms with van der Waals surface area (Å²) >= 11 is 0. The van der Waals surface area contributed by atoms with Crippen LogP contribution in [0.5, 0.6) is 5.75 Å². The van der Waals surface area contributed by atoms with Crippen molar-refractivity contribution in [1.82, 2.24) is 30.1 Å². The Balaban J connectivity index is 0.000000226. The van der Waals surface area contributed by atoms with E-state index in [-0.39, 0.29) is 34.2 Å². The molecule has 2 aliphatic heterocycles. The number of methoxy groups -OCH3 is 1. The van der Waals surface area contributed by atoms with Crippen molar-refractivity contribution in [3.05, 3.63) is 89.0 Å². The molecule has 0 radical (unpaired) electrons. The number of sulfonamides is 2. The third kappa shape index (κ3) is 10.4. The molecule has 1 saturated heterocycles. The molecule has 318 valence electrons. The van der Waals surface area contributed by atoms with Crippen molar-refractivity contribution in [3.63, 3.8) is 0 Å². The lowest BCUT2D eigenvalue weighted by Gasteiger charge is -2.37. The summed E-state index contributed by atoms with van der Waals surface area (Å²) in [4.78, 5) is 51.8. The van der Waals surface area contributed by atoms with Crippen LogP contribution in [0.4, 0.5) is 9.59 Å². The molecule has 2 saturated carbocycles. The molecule has 6 amide bonds. The molecule has 2 atom stereocenters. The van der Waals surface area contributed by atoms with E-state index in [1.54, 1.807) is 56.3 Å². The maximum Gasteiger partial charge on any atom is 0.343 e. The van der Waals surface area contributed by atoms with Crippen molar-refractivity contribution in [1.29, 1.82) is 0 Å². The van der Waals surface area contributed by atoms with Crippen molar-refractivity contribution in [2.45, 2.75) is 99.8 Å². The number of benzene rings is 3. The fraction of sp³-hybridized carbons (Fsp3) is 0.476. The highest BCUT2D eigenvalue weighted by molar-refractivity contribution is 7.90. The molecule has 3 aromatic rings. The first-order valence-electron chi connectivity index (χ1n) is 20.1. The lowest BCUT2D eigenvalue weighted by molar-refractivity contribution is -0.134. The Kier molecular flexibility index (Phi) is 13.4. The molecule has 3 aromatic carbocycles. The van der Waals surface area contributed by atoms with Gasteiger partial charge < -0.3 is 10.1 Å². The van der Waals surface area contributed by atoms with Gasteiger partial charge >= 0.3 is 12.1 Å². The van der Waals surface area contributed by atoms with Crippen LogP contribution < -0.4 is 24.9 Å². The standard InChI is InChI=1S/C27H33N3O6S.C15H21N3O3S/c1-27(2)23-14-11-20(36-3)17-22(23)24(31)30(25(27)32)16-15-18-9-12-21(13-10-18)37(34,35)29-26(33)28-19-7-5-4-6-8-19;1-11-5-7-14(8-6-11)22(20,21)17-15(19)16-18-9-12-3-2-4-13(12)10-18/h9-14,17,19H,4-8,15-16H2,1-3H3,(H2,28,29,33);5-8,12-13H,2-4,9-10H2,1H3,(H2,16,17,19). The van der Waals surface area contributed by atoms with Gasteiger partial charge in [0.25, 0.3) is 26.0 Å². The maximum absolute atomic E-state index is 13.2. The Labute approximate surface area is 346 Å². The van der Waals surface area contributed by atoms with Gasteiger partial charge in [-0.3, -0.25) is 19.9 Å². The van der Waals surface area contributed by atoms with E-state index < -0.39 is 37.5 Å². The lowest BCUT2D eigenvalue weighted by atomic mass is 9.77. The van der Waals surface area contributed by atoms with Gasteiger partial charge in [0.15, 0.2) is 0 Å². The summed E-state index contributed by atoms with van der Waals surface area (Å²) < 4.78 is 59.0. The van der Waals surface area contributed by atoms with Gasteiger partial charge in [-0.05, 0) is 112 Å².